The molecule has 3 aromatic carbocycles. The molecule has 8 nitrogen and oxygen atoms in total. The minimum Gasteiger partial charge on any atom is -0.322 e. The van der Waals surface area contributed by atoms with Gasteiger partial charge in [-0.05, 0) is 30.3 Å². The fourth-order valence-corrected chi connectivity index (χ4v) is 4.13. The number of phenols is 1. The van der Waals surface area contributed by atoms with Crippen LogP contribution in [-0.4, -0.2) is 39.3 Å². The second-order valence-corrected chi connectivity index (χ2v) is 10.5. The van der Waals surface area contributed by atoms with Crippen molar-refractivity contribution in [3.05, 3.63) is 82.8 Å². The van der Waals surface area contributed by atoms with Crippen LogP contribution in [0.15, 0.2) is 77.3 Å². The van der Waals surface area contributed by atoms with Crippen molar-refractivity contribution in [3.63, 3.8) is 0 Å². The summed E-state index contributed by atoms with van der Waals surface area (Å²) in [6.07, 6.45) is 0. The van der Waals surface area contributed by atoms with Gasteiger partial charge in [0.1, 0.15) is 0 Å². The van der Waals surface area contributed by atoms with Gasteiger partial charge in [0.05, 0.1) is 0 Å². The molecule has 10 heteroatoms. The Morgan fingerprint density at radius 2 is 1.52 bits per heavy atom. The third-order valence-corrected chi connectivity index (χ3v) is 6.33. The van der Waals surface area contributed by atoms with Crippen LogP contribution < -0.4 is 15.0 Å². The van der Waals surface area contributed by atoms with E-state index in [0.717, 1.165) is 22.3 Å². The molecule has 0 fully saturated rings. The first-order chi connectivity index (χ1) is 14.6. The molecule has 0 atom stereocenters. The van der Waals surface area contributed by atoms with Crippen molar-refractivity contribution < 1.29 is 26.6 Å². The van der Waals surface area contributed by atoms with Gasteiger partial charge in [0, 0.05) is 15.7 Å². The number of carbonyl (C=O) groups excluding carboxylic acids is 2. The number of anilines is 2. The summed E-state index contributed by atoms with van der Waals surface area (Å²) in [6.45, 7) is 1.29. The number of amides is 2. The summed E-state index contributed by atoms with van der Waals surface area (Å²) >= 11 is -1.73. The molecule has 0 spiro atoms. The van der Waals surface area contributed by atoms with Gasteiger partial charge < -0.3 is 5.32 Å². The van der Waals surface area contributed by atoms with Gasteiger partial charge in [-0.15, -0.1) is 0 Å². The summed E-state index contributed by atoms with van der Waals surface area (Å²) in [7, 11) is 0. The molecule has 0 saturated carbocycles. The Balaban J connectivity index is 0.000000221. The van der Waals surface area contributed by atoms with Crippen molar-refractivity contribution >= 4 is 57.6 Å². The molecule has 0 bridgehead atoms. The topological polar surface area (TPSA) is 136 Å². The van der Waals surface area contributed by atoms with Crippen molar-refractivity contribution in [1.29, 1.82) is 0 Å². The first-order valence-electron chi connectivity index (χ1n) is 8.85. The van der Waals surface area contributed by atoms with E-state index in [0.29, 0.717) is 5.56 Å². The van der Waals surface area contributed by atoms with Crippen molar-refractivity contribution in [2.24, 2.45) is 0 Å². The van der Waals surface area contributed by atoms with Gasteiger partial charge in [-0.25, -0.2) is 0 Å². The normalized spacial score (nSPS) is 10.5. The van der Waals surface area contributed by atoms with Crippen LogP contribution >= 0.6 is 15.9 Å². The average Bonchev–Trinajstić information content (AvgIpc) is 2.68. The van der Waals surface area contributed by atoms with Crippen molar-refractivity contribution in [1.82, 2.24) is 0 Å². The van der Waals surface area contributed by atoms with Crippen LogP contribution in [0, 0.1) is 0 Å². The van der Waals surface area contributed by atoms with Crippen molar-refractivity contribution in [3.8, 4) is 5.75 Å². The number of halogens is 1. The average molecular weight is 551 g/mol. The first kappa shape index (κ1) is 24.4. The molecule has 0 heterocycles. The van der Waals surface area contributed by atoms with Crippen LogP contribution in [0.3, 0.4) is 0 Å². The van der Waals surface area contributed by atoms with E-state index in [1.54, 1.807) is 12.1 Å². The Labute approximate surface area is 190 Å². The zero-order valence-electron chi connectivity index (χ0n) is 16.3. The van der Waals surface area contributed by atoms with Crippen LogP contribution in [0.5, 0.6) is 5.75 Å². The van der Waals surface area contributed by atoms with Crippen LogP contribution in [0.1, 0.15) is 17.3 Å². The predicted octanol–water partition coefficient (Wildman–Crippen LogP) is 2.61. The minimum absolute atomic E-state index is 0.0984. The summed E-state index contributed by atoms with van der Waals surface area (Å²) in [5, 5.41) is 14.5. The summed E-state index contributed by atoms with van der Waals surface area (Å²) in [5.74, 6) is -0.948. The molecule has 2 amide bonds. The molecule has 162 valence electrons. The first-order valence-corrected chi connectivity index (χ1v) is 13.0. The Kier molecular flexibility index (Phi) is 8.64. The Hall–Kier alpha value is -2.84. The Morgan fingerprint density at radius 1 is 0.871 bits per heavy atom. The van der Waals surface area contributed by atoms with Gasteiger partial charge >= 0.3 is 88.1 Å². The van der Waals surface area contributed by atoms with Crippen LogP contribution in [0.2, 0.25) is 0 Å². The van der Waals surface area contributed by atoms with E-state index in [2.05, 4.69) is 26.6 Å². The van der Waals surface area contributed by atoms with Gasteiger partial charge in [-0.1, -0.05) is 40.2 Å². The van der Waals surface area contributed by atoms with Crippen molar-refractivity contribution in [2.45, 2.75) is 6.92 Å². The molecule has 3 rings (SSSR count). The molecule has 0 aliphatic rings. The van der Waals surface area contributed by atoms with Crippen LogP contribution in [0.4, 0.5) is 11.4 Å². The molecule has 3 aromatic rings. The second-order valence-electron chi connectivity index (χ2n) is 6.26. The number of carbonyl (C=O) groups is 2. The fourth-order valence-electron chi connectivity index (χ4n) is 2.41. The van der Waals surface area contributed by atoms with E-state index in [-0.39, 0.29) is 17.5 Å². The van der Waals surface area contributed by atoms with Gasteiger partial charge in [0.15, 0.2) is 0 Å². The van der Waals surface area contributed by atoms with Crippen molar-refractivity contribution in [2.75, 3.05) is 10.6 Å². The number of hydrogen-bond donors (Lipinski definition) is 5. The molecule has 0 aromatic heterocycles. The predicted molar refractivity (Wildman–Crippen MR) is 121 cm³/mol. The molecule has 0 aliphatic carbocycles. The van der Waals surface area contributed by atoms with Crippen LogP contribution in [0.25, 0.3) is 0 Å². The maximum Gasteiger partial charge on any atom is 0.255 e. The number of benzene rings is 3. The van der Waals surface area contributed by atoms with E-state index in [1.165, 1.54) is 13.0 Å². The zero-order chi connectivity index (χ0) is 23.0. The maximum atomic E-state index is 11.8. The van der Waals surface area contributed by atoms with E-state index in [1.807, 2.05) is 42.5 Å². The van der Waals surface area contributed by atoms with Gasteiger partial charge in [-0.2, -0.15) is 0 Å². The Bertz CT molecular complexity index is 1120. The molecule has 0 unspecified atom stereocenters. The minimum atomic E-state index is -5.09. The van der Waals surface area contributed by atoms with E-state index in [9.17, 15) is 18.4 Å². The summed E-state index contributed by atoms with van der Waals surface area (Å²) < 4.78 is 29.2. The van der Waals surface area contributed by atoms with E-state index < -0.39 is 24.3 Å². The standard InChI is InChI=1S/C13H10BrNO.C8H10AsNO5/c14-11-7-4-8-12(9-11)15-13(16)10-5-2-1-3-6-10;1-5(11)10-6-2-3-7(8(12)4-6)9(13,14)15/h1-9H,(H,15,16);2-4,12H,1H3,(H,10,11)(H2,13,14,15). The Morgan fingerprint density at radius 3 is 2.06 bits per heavy atom. The van der Waals surface area contributed by atoms with Gasteiger partial charge in [-0.3, -0.25) is 4.79 Å². The molecule has 0 saturated heterocycles. The fraction of sp³-hybridized carbons (Fsp3) is 0.0476. The molecule has 0 aliphatic heterocycles. The number of aromatic hydroxyl groups is 1. The monoisotopic (exact) mass is 550 g/mol. The third kappa shape index (κ3) is 8.07. The third-order valence-electron chi connectivity index (χ3n) is 3.73. The SMILES string of the molecule is CC(=O)Nc1ccc([As](=O)(O)O)c(O)c1.O=C(Nc1cccc(Br)c1)c1ccccc1. The quantitative estimate of drug-likeness (QED) is 0.317. The number of phenolic OH excluding ortho intramolecular Hbond substituents is 1. The largest absolute Gasteiger partial charge is 0.322 e. The molecular weight excluding hydrogens is 531 g/mol. The van der Waals surface area contributed by atoms with E-state index >= 15 is 0 Å². The summed E-state index contributed by atoms with van der Waals surface area (Å²) in [6, 6.07) is 20.2. The smallest absolute Gasteiger partial charge is 0.255 e. The second kappa shape index (κ2) is 11.0. The summed E-state index contributed by atoms with van der Waals surface area (Å²) in [5.41, 5.74) is 1.72. The van der Waals surface area contributed by atoms with Crippen LogP contribution in [-0.2, 0) is 8.53 Å². The molecule has 5 N–H and O–H groups in total. The van der Waals surface area contributed by atoms with Gasteiger partial charge in [0.25, 0.3) is 5.91 Å². The number of nitrogens with one attached hydrogen (secondary N) is 2. The summed E-state index contributed by atoms with van der Waals surface area (Å²) in [4.78, 5) is 22.5. The van der Waals surface area contributed by atoms with E-state index in [4.69, 9.17) is 8.19 Å². The molecule has 0 radical (unpaired) electrons. The van der Waals surface area contributed by atoms with Gasteiger partial charge in [0.2, 0.25) is 0 Å². The molecule has 31 heavy (non-hydrogen) atoms. The number of hydrogen-bond acceptors (Lipinski definition) is 4. The maximum absolute atomic E-state index is 11.8. The number of rotatable bonds is 4. The molecular formula is C21H20AsBrN2O6. The zero-order valence-corrected chi connectivity index (χ0v) is 19.8.